The molecule has 1 amide bonds. The van der Waals surface area contributed by atoms with Crippen molar-refractivity contribution in [3.8, 4) is 0 Å². The number of carbonyl (C=O) groups is 1. The molecule has 2 N–H and O–H groups in total. The van der Waals surface area contributed by atoms with E-state index in [1.165, 1.54) is 19.3 Å². The van der Waals surface area contributed by atoms with Gasteiger partial charge in [0, 0.05) is 12.6 Å². The molecule has 0 saturated heterocycles. The van der Waals surface area contributed by atoms with Crippen molar-refractivity contribution >= 4 is 5.91 Å². The molecule has 1 aliphatic rings. The highest BCUT2D eigenvalue weighted by Gasteiger charge is 2.32. The first-order valence-corrected chi connectivity index (χ1v) is 7.30. The van der Waals surface area contributed by atoms with Gasteiger partial charge in [0.15, 0.2) is 0 Å². The van der Waals surface area contributed by atoms with Crippen molar-refractivity contribution in [2.45, 2.75) is 59.9 Å². The minimum Gasteiger partial charge on any atom is -0.355 e. The fourth-order valence-corrected chi connectivity index (χ4v) is 2.85. The van der Waals surface area contributed by atoms with Crippen molar-refractivity contribution in [3.63, 3.8) is 0 Å². The maximum atomic E-state index is 11.7. The fraction of sp³-hybridized carbons (Fsp3) is 0.933. The summed E-state index contributed by atoms with van der Waals surface area (Å²) in [6.45, 7) is 12.4. The highest BCUT2D eigenvalue weighted by Crippen LogP contribution is 2.38. The van der Waals surface area contributed by atoms with Crippen LogP contribution in [-0.4, -0.2) is 25.0 Å². The summed E-state index contributed by atoms with van der Waals surface area (Å²) in [5, 5.41) is 6.37. The van der Waals surface area contributed by atoms with Crippen LogP contribution in [0.4, 0.5) is 0 Å². The molecule has 0 spiro atoms. The summed E-state index contributed by atoms with van der Waals surface area (Å²) in [6.07, 6.45) is 3.69. The van der Waals surface area contributed by atoms with Crippen LogP contribution in [-0.2, 0) is 4.79 Å². The Morgan fingerprint density at radius 1 is 1.39 bits per heavy atom. The normalized spacial score (nSPS) is 27.2. The molecule has 0 aromatic heterocycles. The van der Waals surface area contributed by atoms with Crippen LogP contribution >= 0.6 is 0 Å². The number of amides is 1. The van der Waals surface area contributed by atoms with Crippen LogP contribution < -0.4 is 10.6 Å². The molecule has 1 aliphatic carbocycles. The zero-order chi connectivity index (χ0) is 13.8. The van der Waals surface area contributed by atoms with Crippen LogP contribution in [0, 0.1) is 17.3 Å². The molecular weight excluding hydrogens is 224 g/mol. The van der Waals surface area contributed by atoms with Gasteiger partial charge in [0.05, 0.1) is 6.54 Å². The van der Waals surface area contributed by atoms with Gasteiger partial charge in [-0.25, -0.2) is 0 Å². The quantitative estimate of drug-likeness (QED) is 0.791. The number of rotatable bonds is 5. The Morgan fingerprint density at radius 3 is 2.61 bits per heavy atom. The Bertz CT molecular complexity index is 274. The maximum absolute atomic E-state index is 11.7. The lowest BCUT2D eigenvalue weighted by Crippen LogP contribution is -2.46. The fourth-order valence-electron chi connectivity index (χ4n) is 2.85. The standard InChI is InChI=1S/C15H30N2O/c1-11(2)9-17-14(18)10-16-13-6-7-15(4,5)8-12(13)3/h11-13,16H,6-10H2,1-5H3,(H,17,18). The summed E-state index contributed by atoms with van der Waals surface area (Å²) in [5.41, 5.74) is 0.470. The molecule has 3 heteroatoms. The molecule has 0 aromatic carbocycles. The zero-order valence-corrected chi connectivity index (χ0v) is 12.7. The van der Waals surface area contributed by atoms with Crippen molar-refractivity contribution in [1.82, 2.24) is 10.6 Å². The lowest BCUT2D eigenvalue weighted by Gasteiger charge is -2.39. The third kappa shape index (κ3) is 5.38. The molecule has 1 rings (SSSR count). The monoisotopic (exact) mass is 254 g/mol. The van der Waals surface area contributed by atoms with Crippen molar-refractivity contribution in [3.05, 3.63) is 0 Å². The van der Waals surface area contributed by atoms with Crippen LogP contribution in [0.1, 0.15) is 53.9 Å². The van der Waals surface area contributed by atoms with E-state index in [0.717, 1.165) is 6.54 Å². The highest BCUT2D eigenvalue weighted by molar-refractivity contribution is 5.77. The van der Waals surface area contributed by atoms with Crippen LogP contribution in [0.25, 0.3) is 0 Å². The van der Waals surface area contributed by atoms with Gasteiger partial charge in [0.1, 0.15) is 0 Å². The average molecular weight is 254 g/mol. The summed E-state index contributed by atoms with van der Waals surface area (Å²) in [7, 11) is 0. The third-order valence-corrected chi connectivity index (χ3v) is 3.93. The van der Waals surface area contributed by atoms with Crippen molar-refractivity contribution < 1.29 is 4.79 Å². The van der Waals surface area contributed by atoms with E-state index < -0.39 is 0 Å². The van der Waals surface area contributed by atoms with Crippen molar-refractivity contribution in [2.24, 2.45) is 17.3 Å². The molecule has 0 bridgehead atoms. The molecule has 1 saturated carbocycles. The summed E-state index contributed by atoms with van der Waals surface area (Å²) in [6, 6.07) is 0.503. The van der Waals surface area contributed by atoms with Crippen molar-refractivity contribution in [2.75, 3.05) is 13.1 Å². The lowest BCUT2D eigenvalue weighted by atomic mass is 9.70. The average Bonchev–Trinajstić information content (AvgIpc) is 2.24. The van der Waals surface area contributed by atoms with E-state index in [1.807, 2.05) is 0 Å². The second kappa shape index (κ2) is 6.55. The van der Waals surface area contributed by atoms with Gasteiger partial charge >= 0.3 is 0 Å². The maximum Gasteiger partial charge on any atom is 0.233 e. The van der Waals surface area contributed by atoms with E-state index in [2.05, 4.69) is 45.3 Å². The smallest absolute Gasteiger partial charge is 0.233 e. The zero-order valence-electron chi connectivity index (χ0n) is 12.7. The summed E-state index contributed by atoms with van der Waals surface area (Å²) < 4.78 is 0. The summed E-state index contributed by atoms with van der Waals surface area (Å²) in [5.74, 6) is 1.30. The SMILES string of the molecule is CC(C)CNC(=O)CNC1CCC(C)(C)CC1C. The van der Waals surface area contributed by atoms with Gasteiger partial charge in [-0.1, -0.05) is 34.6 Å². The van der Waals surface area contributed by atoms with Gasteiger partial charge in [-0.15, -0.1) is 0 Å². The van der Waals surface area contributed by atoms with E-state index in [0.29, 0.717) is 29.8 Å². The molecule has 2 unspecified atom stereocenters. The van der Waals surface area contributed by atoms with Crippen LogP contribution in [0.5, 0.6) is 0 Å². The van der Waals surface area contributed by atoms with Crippen LogP contribution in [0.2, 0.25) is 0 Å². The Balaban J connectivity index is 2.25. The number of carbonyl (C=O) groups excluding carboxylic acids is 1. The van der Waals surface area contributed by atoms with Gasteiger partial charge in [-0.05, 0) is 36.5 Å². The van der Waals surface area contributed by atoms with Crippen LogP contribution in [0.15, 0.2) is 0 Å². The molecule has 2 atom stereocenters. The molecule has 3 nitrogen and oxygen atoms in total. The second-order valence-electron chi connectivity index (χ2n) is 7.07. The van der Waals surface area contributed by atoms with Crippen LogP contribution in [0.3, 0.4) is 0 Å². The van der Waals surface area contributed by atoms with Gasteiger partial charge in [-0.3, -0.25) is 4.79 Å². The summed E-state index contributed by atoms with van der Waals surface area (Å²) in [4.78, 5) is 11.7. The minimum absolute atomic E-state index is 0.126. The molecule has 0 aromatic rings. The van der Waals surface area contributed by atoms with Gasteiger partial charge < -0.3 is 10.6 Å². The van der Waals surface area contributed by atoms with E-state index in [-0.39, 0.29) is 5.91 Å². The third-order valence-electron chi connectivity index (χ3n) is 3.93. The predicted molar refractivity (Wildman–Crippen MR) is 76.4 cm³/mol. The molecule has 0 heterocycles. The molecule has 18 heavy (non-hydrogen) atoms. The molecule has 0 aliphatic heterocycles. The van der Waals surface area contributed by atoms with E-state index in [1.54, 1.807) is 0 Å². The molecule has 1 fully saturated rings. The van der Waals surface area contributed by atoms with Gasteiger partial charge in [-0.2, -0.15) is 0 Å². The largest absolute Gasteiger partial charge is 0.355 e. The van der Waals surface area contributed by atoms with E-state index in [9.17, 15) is 4.79 Å². The first kappa shape index (κ1) is 15.5. The highest BCUT2D eigenvalue weighted by atomic mass is 16.1. The topological polar surface area (TPSA) is 41.1 Å². The molecule has 0 radical (unpaired) electrons. The Kier molecular flexibility index (Phi) is 5.64. The Labute approximate surface area is 112 Å². The minimum atomic E-state index is 0.126. The first-order valence-electron chi connectivity index (χ1n) is 7.30. The second-order valence-corrected chi connectivity index (χ2v) is 7.07. The number of hydrogen-bond donors (Lipinski definition) is 2. The lowest BCUT2D eigenvalue weighted by molar-refractivity contribution is -0.120. The van der Waals surface area contributed by atoms with Gasteiger partial charge in [0.25, 0.3) is 0 Å². The number of nitrogens with one attached hydrogen (secondary N) is 2. The molecule has 106 valence electrons. The van der Waals surface area contributed by atoms with Gasteiger partial charge in [0.2, 0.25) is 5.91 Å². The first-order chi connectivity index (χ1) is 8.30. The van der Waals surface area contributed by atoms with Crippen molar-refractivity contribution in [1.29, 1.82) is 0 Å². The van der Waals surface area contributed by atoms with E-state index >= 15 is 0 Å². The number of hydrogen-bond acceptors (Lipinski definition) is 2. The molecular formula is C15H30N2O. The Morgan fingerprint density at radius 2 is 2.06 bits per heavy atom. The van der Waals surface area contributed by atoms with E-state index in [4.69, 9.17) is 0 Å². The Hall–Kier alpha value is -0.570. The summed E-state index contributed by atoms with van der Waals surface area (Å²) >= 11 is 0. The predicted octanol–water partition coefficient (Wildman–Crippen LogP) is 2.56.